The number of aromatic amines is 2. The van der Waals surface area contributed by atoms with Crippen LogP contribution < -0.4 is 5.32 Å². The van der Waals surface area contributed by atoms with Crippen molar-refractivity contribution in [1.29, 1.82) is 0 Å². The first-order valence-corrected chi connectivity index (χ1v) is 12.7. The summed E-state index contributed by atoms with van der Waals surface area (Å²) in [6.07, 6.45) is 14.5. The summed E-state index contributed by atoms with van der Waals surface area (Å²) in [5.41, 5.74) is 8.52. The highest BCUT2D eigenvalue weighted by Crippen LogP contribution is 2.33. The summed E-state index contributed by atoms with van der Waals surface area (Å²) < 4.78 is 0. The Bertz CT molecular complexity index is 1980. The van der Waals surface area contributed by atoms with Crippen molar-refractivity contribution in [2.45, 2.75) is 6.42 Å². The minimum atomic E-state index is -0.0999. The van der Waals surface area contributed by atoms with Crippen molar-refractivity contribution in [1.82, 2.24) is 34.9 Å². The zero-order valence-corrected chi connectivity index (χ0v) is 21.2. The van der Waals surface area contributed by atoms with Gasteiger partial charge in [0.15, 0.2) is 0 Å². The van der Waals surface area contributed by atoms with Gasteiger partial charge in [0.2, 0.25) is 5.91 Å². The zero-order valence-electron chi connectivity index (χ0n) is 21.2. The Kier molecular flexibility index (Phi) is 5.78. The van der Waals surface area contributed by atoms with Gasteiger partial charge in [0, 0.05) is 64.8 Å². The van der Waals surface area contributed by atoms with Gasteiger partial charge in [0.25, 0.3) is 0 Å². The largest absolute Gasteiger partial charge is 0.345 e. The lowest BCUT2D eigenvalue weighted by Gasteiger charge is -2.08. The summed E-state index contributed by atoms with van der Waals surface area (Å²) in [5.74, 6) is 0.612. The minimum absolute atomic E-state index is 0.0999. The van der Waals surface area contributed by atoms with E-state index < -0.39 is 0 Å². The fraction of sp³-hybridized carbons (Fsp3) is 0.0323. The average molecular weight is 523 g/mol. The van der Waals surface area contributed by atoms with Crippen LogP contribution in [0.5, 0.6) is 0 Å². The quantitative estimate of drug-likeness (QED) is 0.253. The van der Waals surface area contributed by atoms with Gasteiger partial charge in [0.05, 0.1) is 35.5 Å². The number of fused-ring (bicyclic) bond motifs is 2. The molecule has 192 valence electrons. The number of hydrogen-bond acceptors (Lipinski definition) is 6. The van der Waals surface area contributed by atoms with Gasteiger partial charge in [-0.1, -0.05) is 30.3 Å². The van der Waals surface area contributed by atoms with Crippen LogP contribution in [0.4, 0.5) is 5.69 Å². The Morgan fingerprint density at radius 2 is 1.62 bits per heavy atom. The highest BCUT2D eigenvalue weighted by Gasteiger charge is 2.16. The lowest BCUT2D eigenvalue weighted by molar-refractivity contribution is -0.115. The first-order valence-electron chi connectivity index (χ1n) is 12.7. The maximum atomic E-state index is 12.6. The fourth-order valence-electron chi connectivity index (χ4n) is 4.81. The number of benzene rings is 1. The van der Waals surface area contributed by atoms with E-state index >= 15 is 0 Å². The van der Waals surface area contributed by atoms with E-state index in [0.717, 1.165) is 55.4 Å². The molecule has 0 saturated heterocycles. The lowest BCUT2D eigenvalue weighted by Crippen LogP contribution is -2.14. The predicted molar refractivity (Wildman–Crippen MR) is 154 cm³/mol. The number of pyridine rings is 4. The van der Waals surface area contributed by atoms with Crippen LogP contribution in [0, 0.1) is 0 Å². The van der Waals surface area contributed by atoms with Crippen LogP contribution in [0.3, 0.4) is 0 Å². The number of rotatable bonds is 6. The van der Waals surface area contributed by atoms with E-state index in [9.17, 15) is 4.79 Å². The number of amides is 1. The molecule has 7 rings (SSSR count). The molecular formula is C31H22N8O. The Morgan fingerprint density at radius 3 is 2.50 bits per heavy atom. The Hall–Kier alpha value is -5.70. The van der Waals surface area contributed by atoms with Crippen LogP contribution in [-0.4, -0.2) is 40.8 Å². The molecule has 3 N–H and O–H groups in total. The van der Waals surface area contributed by atoms with Crippen LogP contribution in [0.25, 0.3) is 55.7 Å². The van der Waals surface area contributed by atoms with E-state index in [4.69, 9.17) is 4.98 Å². The number of carbonyl (C=O) groups excluding carboxylic acids is 1. The van der Waals surface area contributed by atoms with Gasteiger partial charge in [-0.25, -0.2) is 9.97 Å². The average Bonchev–Trinajstić information content (AvgIpc) is 3.62. The van der Waals surface area contributed by atoms with Crippen LogP contribution in [0.15, 0.2) is 104 Å². The van der Waals surface area contributed by atoms with Gasteiger partial charge >= 0.3 is 0 Å². The molecule has 0 atom stereocenters. The highest BCUT2D eigenvalue weighted by atomic mass is 16.1. The van der Waals surface area contributed by atoms with E-state index in [1.165, 1.54) is 0 Å². The summed E-state index contributed by atoms with van der Waals surface area (Å²) in [4.78, 5) is 41.7. The summed E-state index contributed by atoms with van der Waals surface area (Å²) in [7, 11) is 0. The molecule has 0 aliphatic carbocycles. The first kappa shape index (κ1) is 23.4. The number of nitrogens with zero attached hydrogens (tertiary/aromatic N) is 5. The summed E-state index contributed by atoms with van der Waals surface area (Å²) >= 11 is 0. The SMILES string of the molecule is O=C(Cc1ccccc1)Nc1cncc(-c2cnc3[nH]cc(-c4nc5c(-c6ccncc6)cncc5[nH]4)c3c2)c1. The van der Waals surface area contributed by atoms with Crippen molar-refractivity contribution in [2.75, 3.05) is 5.32 Å². The lowest BCUT2D eigenvalue weighted by atomic mass is 10.1. The molecule has 0 aliphatic rings. The van der Waals surface area contributed by atoms with Crippen molar-refractivity contribution < 1.29 is 4.79 Å². The number of anilines is 1. The van der Waals surface area contributed by atoms with Crippen LogP contribution >= 0.6 is 0 Å². The summed E-state index contributed by atoms with van der Waals surface area (Å²) in [6, 6.07) is 17.5. The van der Waals surface area contributed by atoms with E-state index in [1.807, 2.05) is 60.9 Å². The van der Waals surface area contributed by atoms with Crippen LogP contribution in [0.2, 0.25) is 0 Å². The zero-order chi connectivity index (χ0) is 26.9. The van der Waals surface area contributed by atoms with E-state index in [0.29, 0.717) is 17.9 Å². The molecule has 6 aromatic heterocycles. The third-order valence-corrected chi connectivity index (χ3v) is 6.73. The van der Waals surface area contributed by atoms with E-state index in [1.54, 1.807) is 37.2 Å². The topological polar surface area (TPSA) is 125 Å². The molecule has 6 heterocycles. The minimum Gasteiger partial charge on any atom is -0.345 e. The standard InChI is InChI=1S/C31H22N8O/c40-28(10-19-4-2-1-3-5-19)37-23-11-21(13-33-15-23)22-12-24-26(17-36-30(24)35-14-22)31-38-27-18-34-16-25(29(27)39-31)20-6-8-32-9-7-20/h1-9,11-18H,10H2,(H,35,36)(H,37,40)(H,38,39). The van der Waals surface area contributed by atoms with Gasteiger partial charge in [-0.05, 0) is 35.4 Å². The molecule has 0 saturated carbocycles. The molecule has 0 bridgehead atoms. The van der Waals surface area contributed by atoms with Crippen LogP contribution in [0.1, 0.15) is 5.56 Å². The molecule has 40 heavy (non-hydrogen) atoms. The Morgan fingerprint density at radius 1 is 0.800 bits per heavy atom. The molecule has 0 unspecified atom stereocenters. The Balaban J connectivity index is 1.21. The molecule has 0 fully saturated rings. The molecule has 7 aromatic rings. The first-order chi connectivity index (χ1) is 19.7. The van der Waals surface area contributed by atoms with Crippen molar-refractivity contribution in [2.24, 2.45) is 0 Å². The maximum Gasteiger partial charge on any atom is 0.228 e. The number of H-pyrrole nitrogens is 2. The smallest absolute Gasteiger partial charge is 0.228 e. The second kappa shape index (κ2) is 9.88. The molecule has 0 aliphatic heterocycles. The van der Waals surface area contributed by atoms with Gasteiger partial charge in [0.1, 0.15) is 11.5 Å². The normalized spacial score (nSPS) is 11.2. The van der Waals surface area contributed by atoms with Gasteiger partial charge in [-0.2, -0.15) is 0 Å². The molecule has 1 amide bonds. The second-order valence-electron chi connectivity index (χ2n) is 9.40. The third kappa shape index (κ3) is 4.45. The molecular weight excluding hydrogens is 500 g/mol. The van der Waals surface area contributed by atoms with Crippen LogP contribution in [-0.2, 0) is 11.2 Å². The monoisotopic (exact) mass is 522 g/mol. The van der Waals surface area contributed by atoms with Crippen molar-refractivity contribution in [3.63, 3.8) is 0 Å². The highest BCUT2D eigenvalue weighted by molar-refractivity contribution is 5.98. The van der Waals surface area contributed by atoms with Gasteiger partial charge in [-0.15, -0.1) is 0 Å². The second-order valence-corrected chi connectivity index (χ2v) is 9.40. The van der Waals surface area contributed by atoms with Crippen molar-refractivity contribution in [3.05, 3.63) is 110 Å². The molecule has 1 aromatic carbocycles. The summed E-state index contributed by atoms with van der Waals surface area (Å²) in [5, 5.41) is 3.86. The van der Waals surface area contributed by atoms with E-state index in [2.05, 4.69) is 41.3 Å². The predicted octanol–water partition coefficient (Wildman–Crippen LogP) is 5.81. The van der Waals surface area contributed by atoms with Crippen molar-refractivity contribution in [3.8, 4) is 33.6 Å². The number of hydrogen-bond donors (Lipinski definition) is 3. The van der Waals surface area contributed by atoms with E-state index in [-0.39, 0.29) is 5.91 Å². The molecule has 0 radical (unpaired) electrons. The molecule has 9 heteroatoms. The number of carbonyl (C=O) groups is 1. The maximum absolute atomic E-state index is 12.6. The Labute approximate surface area is 228 Å². The molecule has 9 nitrogen and oxygen atoms in total. The van der Waals surface area contributed by atoms with Gasteiger partial charge in [-0.3, -0.25) is 19.7 Å². The number of nitrogens with one attached hydrogen (secondary N) is 3. The summed E-state index contributed by atoms with van der Waals surface area (Å²) in [6.45, 7) is 0. The number of aromatic nitrogens is 7. The fourth-order valence-corrected chi connectivity index (χ4v) is 4.81. The number of imidazole rings is 1. The third-order valence-electron chi connectivity index (χ3n) is 6.73. The van der Waals surface area contributed by atoms with Gasteiger partial charge < -0.3 is 15.3 Å². The molecule has 0 spiro atoms. The van der Waals surface area contributed by atoms with Crippen molar-refractivity contribution >= 4 is 33.7 Å².